The third-order valence-electron chi connectivity index (χ3n) is 5.30. The number of nitrogens with zero attached hydrogens (tertiary/aromatic N) is 1. The van der Waals surface area contributed by atoms with Crippen LogP contribution in [0.15, 0.2) is 49.1 Å². The van der Waals surface area contributed by atoms with Gasteiger partial charge in [-0.05, 0) is 25.2 Å². The van der Waals surface area contributed by atoms with Gasteiger partial charge in [0.05, 0.1) is 0 Å². The summed E-state index contributed by atoms with van der Waals surface area (Å²) in [7, 11) is 0. The van der Waals surface area contributed by atoms with E-state index in [1.807, 2.05) is 0 Å². The van der Waals surface area contributed by atoms with E-state index in [4.69, 9.17) is 0 Å². The molecule has 2 heterocycles. The Morgan fingerprint density at radius 2 is 1.45 bits per heavy atom. The van der Waals surface area contributed by atoms with Crippen molar-refractivity contribution < 1.29 is 0 Å². The number of rotatable bonds is 2. The molecule has 2 aliphatic heterocycles. The van der Waals surface area contributed by atoms with Crippen molar-refractivity contribution in [1.29, 1.82) is 0 Å². The van der Waals surface area contributed by atoms with Gasteiger partial charge >= 0.3 is 0 Å². The van der Waals surface area contributed by atoms with E-state index in [0.29, 0.717) is 11.8 Å². The highest BCUT2D eigenvalue weighted by atomic mass is 15.2. The van der Waals surface area contributed by atoms with Gasteiger partial charge in [-0.3, -0.25) is 0 Å². The quantitative estimate of drug-likeness (QED) is 0.810. The smallest absolute Gasteiger partial charge is 0.0392 e. The second kappa shape index (κ2) is 5.16. The summed E-state index contributed by atoms with van der Waals surface area (Å²) in [6.45, 7) is 18.1. The Labute approximate surface area is 122 Å². The van der Waals surface area contributed by atoms with Crippen molar-refractivity contribution in [3.8, 4) is 0 Å². The van der Waals surface area contributed by atoms with Crippen LogP contribution in [0.1, 0.15) is 38.5 Å². The fraction of sp³-hybridized carbons (Fsp3) is 0.556. The van der Waals surface area contributed by atoms with Crippen LogP contribution in [0.25, 0.3) is 0 Å². The minimum Gasteiger partial charge on any atom is -0.362 e. The molecule has 0 aromatic rings. The monoisotopic (exact) mass is 270 g/mol. The SMILES string of the molecule is C=C1NC(=C)C2CC1C(=C)N(CC1CCCCC1)C2=C. The minimum atomic E-state index is 0.347. The number of nitrogens with one attached hydrogen (secondary N) is 1. The summed E-state index contributed by atoms with van der Waals surface area (Å²) < 4.78 is 0. The van der Waals surface area contributed by atoms with E-state index in [-0.39, 0.29) is 0 Å². The molecule has 3 fully saturated rings. The highest BCUT2D eigenvalue weighted by Gasteiger charge is 2.40. The molecule has 3 aliphatic rings. The molecule has 0 radical (unpaired) electrons. The predicted molar refractivity (Wildman–Crippen MR) is 84.6 cm³/mol. The van der Waals surface area contributed by atoms with Crippen molar-refractivity contribution in [2.24, 2.45) is 17.8 Å². The minimum absolute atomic E-state index is 0.347. The van der Waals surface area contributed by atoms with Gasteiger partial charge in [-0.15, -0.1) is 0 Å². The molecule has 1 saturated carbocycles. The molecule has 1 N–H and O–H groups in total. The Morgan fingerprint density at radius 1 is 0.900 bits per heavy atom. The number of fused-ring (bicyclic) bond motifs is 2. The van der Waals surface area contributed by atoms with Gasteiger partial charge in [0.15, 0.2) is 0 Å². The van der Waals surface area contributed by atoms with Gasteiger partial charge in [-0.25, -0.2) is 0 Å². The zero-order valence-corrected chi connectivity index (χ0v) is 12.5. The summed E-state index contributed by atoms with van der Waals surface area (Å²) in [5, 5.41) is 3.33. The molecular formula is C18H26N2. The molecule has 2 nitrogen and oxygen atoms in total. The van der Waals surface area contributed by atoms with Crippen LogP contribution in [-0.4, -0.2) is 11.4 Å². The first-order chi connectivity index (χ1) is 9.58. The highest BCUT2D eigenvalue weighted by molar-refractivity contribution is 5.35. The van der Waals surface area contributed by atoms with Crippen molar-refractivity contribution >= 4 is 0 Å². The molecule has 0 amide bonds. The lowest BCUT2D eigenvalue weighted by molar-refractivity contribution is 0.205. The van der Waals surface area contributed by atoms with Crippen LogP contribution >= 0.6 is 0 Å². The van der Waals surface area contributed by atoms with Gasteiger partial charge < -0.3 is 10.2 Å². The zero-order valence-electron chi connectivity index (χ0n) is 12.5. The predicted octanol–water partition coefficient (Wildman–Crippen LogP) is 4.16. The lowest BCUT2D eigenvalue weighted by atomic mass is 9.77. The summed E-state index contributed by atoms with van der Waals surface area (Å²) >= 11 is 0. The fourth-order valence-corrected chi connectivity index (χ4v) is 4.00. The molecule has 2 heteroatoms. The molecule has 0 aromatic heterocycles. The molecule has 1 aliphatic carbocycles. The fourth-order valence-electron chi connectivity index (χ4n) is 4.00. The molecule has 2 saturated heterocycles. The summed E-state index contributed by atoms with van der Waals surface area (Å²) in [4.78, 5) is 2.38. The van der Waals surface area contributed by atoms with Gasteiger partial charge in [-0.2, -0.15) is 0 Å². The lowest BCUT2D eigenvalue weighted by Crippen LogP contribution is -2.46. The van der Waals surface area contributed by atoms with Gasteiger partial charge in [0, 0.05) is 41.2 Å². The van der Waals surface area contributed by atoms with Crippen molar-refractivity contribution in [2.45, 2.75) is 38.5 Å². The summed E-state index contributed by atoms with van der Waals surface area (Å²) in [5.41, 5.74) is 4.47. The number of hydrogen-bond donors (Lipinski definition) is 1. The maximum Gasteiger partial charge on any atom is 0.0392 e. The van der Waals surface area contributed by atoms with E-state index in [2.05, 4.69) is 36.5 Å². The van der Waals surface area contributed by atoms with E-state index in [9.17, 15) is 0 Å². The molecule has 20 heavy (non-hydrogen) atoms. The van der Waals surface area contributed by atoms with E-state index >= 15 is 0 Å². The average Bonchev–Trinajstić information content (AvgIpc) is 2.44. The number of likely N-dealkylation sites (tertiary alicyclic amines) is 1. The first-order valence-corrected chi connectivity index (χ1v) is 7.87. The second-order valence-electron chi connectivity index (χ2n) is 6.61. The largest absolute Gasteiger partial charge is 0.362 e. The molecule has 2 unspecified atom stereocenters. The molecule has 2 bridgehead atoms. The van der Waals surface area contributed by atoms with Crippen LogP contribution in [0.3, 0.4) is 0 Å². The topological polar surface area (TPSA) is 15.3 Å². The molecule has 2 atom stereocenters. The summed E-state index contributed by atoms with van der Waals surface area (Å²) in [6, 6.07) is 0. The third-order valence-corrected chi connectivity index (χ3v) is 5.30. The van der Waals surface area contributed by atoms with Crippen molar-refractivity contribution in [1.82, 2.24) is 10.2 Å². The Balaban J connectivity index is 1.78. The number of piperidine rings is 2. The molecule has 0 aromatic carbocycles. The van der Waals surface area contributed by atoms with Crippen LogP contribution < -0.4 is 5.32 Å². The van der Waals surface area contributed by atoms with Crippen molar-refractivity contribution in [3.05, 3.63) is 49.1 Å². The number of hydrogen-bond acceptors (Lipinski definition) is 2. The summed E-state index contributed by atoms with van der Waals surface area (Å²) in [5.74, 6) is 1.49. The standard InChI is InChI=1S/C18H26N2/c1-12-17-10-18(13(2)19-12)15(4)20(14(17)3)11-16-8-6-5-7-9-16/h16-19H,1-11H2. The van der Waals surface area contributed by atoms with Gasteiger partial charge in [-0.1, -0.05) is 45.6 Å². The zero-order chi connectivity index (χ0) is 14.3. The van der Waals surface area contributed by atoms with E-state index in [1.165, 1.54) is 43.5 Å². The van der Waals surface area contributed by atoms with Crippen LogP contribution in [-0.2, 0) is 0 Å². The van der Waals surface area contributed by atoms with Gasteiger partial charge in [0.1, 0.15) is 0 Å². The highest BCUT2D eigenvalue weighted by Crippen LogP contribution is 2.45. The van der Waals surface area contributed by atoms with Gasteiger partial charge in [0.2, 0.25) is 0 Å². The normalized spacial score (nSPS) is 31.5. The van der Waals surface area contributed by atoms with Gasteiger partial charge in [0.25, 0.3) is 0 Å². The first kappa shape index (κ1) is 13.5. The van der Waals surface area contributed by atoms with Crippen molar-refractivity contribution in [3.63, 3.8) is 0 Å². The van der Waals surface area contributed by atoms with Crippen LogP contribution in [0.2, 0.25) is 0 Å². The second-order valence-corrected chi connectivity index (χ2v) is 6.61. The Kier molecular flexibility index (Phi) is 3.49. The molecule has 108 valence electrons. The van der Waals surface area contributed by atoms with Crippen LogP contribution in [0.5, 0.6) is 0 Å². The van der Waals surface area contributed by atoms with E-state index in [0.717, 1.165) is 30.3 Å². The lowest BCUT2D eigenvalue weighted by Gasteiger charge is -2.48. The van der Waals surface area contributed by atoms with Crippen molar-refractivity contribution in [2.75, 3.05) is 6.54 Å². The Hall–Kier alpha value is -1.44. The summed E-state index contributed by atoms with van der Waals surface area (Å²) in [6.07, 6.45) is 7.92. The van der Waals surface area contributed by atoms with E-state index < -0.39 is 0 Å². The van der Waals surface area contributed by atoms with E-state index in [1.54, 1.807) is 0 Å². The first-order valence-electron chi connectivity index (χ1n) is 7.87. The molecular weight excluding hydrogens is 244 g/mol. The maximum atomic E-state index is 4.34. The van der Waals surface area contributed by atoms with Crippen LogP contribution in [0.4, 0.5) is 0 Å². The molecule has 3 rings (SSSR count). The molecule has 0 spiro atoms. The Morgan fingerprint density at radius 3 is 2.00 bits per heavy atom. The Bertz CT molecular complexity index is 436. The third kappa shape index (κ3) is 2.21. The average molecular weight is 270 g/mol. The van der Waals surface area contributed by atoms with Crippen LogP contribution in [0, 0.1) is 17.8 Å². The maximum absolute atomic E-state index is 4.34.